The van der Waals surface area contributed by atoms with Gasteiger partial charge in [0.1, 0.15) is 0 Å². The van der Waals surface area contributed by atoms with Crippen LogP contribution in [0.1, 0.15) is 18.9 Å². The second kappa shape index (κ2) is 9.87. The highest BCUT2D eigenvalue weighted by atomic mass is 32.2. The zero-order chi connectivity index (χ0) is 13.9. The molecule has 0 radical (unpaired) electrons. The Balaban J connectivity index is 2.53. The summed E-state index contributed by atoms with van der Waals surface area (Å²) in [7, 11) is 1.66. The van der Waals surface area contributed by atoms with E-state index in [1.54, 1.807) is 18.9 Å². The first-order chi connectivity index (χ1) is 9.27. The van der Waals surface area contributed by atoms with E-state index in [4.69, 9.17) is 4.74 Å². The number of hydrogen-bond donors (Lipinski definition) is 0. The third kappa shape index (κ3) is 6.64. The predicted molar refractivity (Wildman–Crippen MR) is 81.4 cm³/mol. The number of ether oxygens (including phenoxy) is 1. The van der Waals surface area contributed by atoms with E-state index in [0.29, 0.717) is 26.1 Å². The van der Waals surface area contributed by atoms with Crippen LogP contribution >= 0.6 is 11.8 Å². The number of amides is 1. The molecule has 1 aromatic rings. The van der Waals surface area contributed by atoms with Crippen molar-refractivity contribution in [3.63, 3.8) is 0 Å². The zero-order valence-corrected chi connectivity index (χ0v) is 12.6. The molecule has 0 bridgehead atoms. The molecule has 0 spiro atoms. The first kappa shape index (κ1) is 16.1. The smallest absolute Gasteiger partial charge is 0.223 e. The van der Waals surface area contributed by atoms with Crippen LogP contribution in [0, 0.1) is 0 Å². The minimum Gasteiger partial charge on any atom is -0.383 e. The Morgan fingerprint density at radius 3 is 2.68 bits per heavy atom. The van der Waals surface area contributed by atoms with Gasteiger partial charge in [-0.15, -0.1) is 0 Å². The standard InChI is InChI=1S/C15H23NO2S/c1-3-19-12-9-15(17)16(10-11-18-2)13-14-7-5-4-6-8-14/h4-8H,3,9-13H2,1-2H3. The second-order valence-electron chi connectivity index (χ2n) is 4.24. The fraction of sp³-hybridized carbons (Fsp3) is 0.533. The molecule has 1 aromatic carbocycles. The molecule has 0 unspecified atom stereocenters. The van der Waals surface area contributed by atoms with Gasteiger partial charge in [0.05, 0.1) is 6.61 Å². The van der Waals surface area contributed by atoms with Crippen molar-refractivity contribution in [2.75, 3.05) is 31.8 Å². The van der Waals surface area contributed by atoms with E-state index in [9.17, 15) is 4.79 Å². The van der Waals surface area contributed by atoms with Crippen LogP contribution in [0.4, 0.5) is 0 Å². The molecule has 3 nitrogen and oxygen atoms in total. The molecule has 4 heteroatoms. The number of carbonyl (C=O) groups is 1. The summed E-state index contributed by atoms with van der Waals surface area (Å²) in [6, 6.07) is 10.1. The Hall–Kier alpha value is -1.00. The Kier molecular flexibility index (Phi) is 8.34. The van der Waals surface area contributed by atoms with E-state index < -0.39 is 0 Å². The highest BCUT2D eigenvalue weighted by molar-refractivity contribution is 7.99. The van der Waals surface area contributed by atoms with Crippen LogP contribution in [0.3, 0.4) is 0 Å². The largest absolute Gasteiger partial charge is 0.383 e. The molecule has 106 valence electrons. The molecule has 0 aliphatic rings. The maximum absolute atomic E-state index is 12.2. The van der Waals surface area contributed by atoms with Gasteiger partial charge in [-0.1, -0.05) is 37.3 Å². The van der Waals surface area contributed by atoms with Crippen molar-refractivity contribution < 1.29 is 9.53 Å². The summed E-state index contributed by atoms with van der Waals surface area (Å²) in [6.45, 7) is 4.02. The van der Waals surface area contributed by atoms with Crippen LogP contribution in [-0.2, 0) is 16.1 Å². The third-order valence-corrected chi connectivity index (χ3v) is 3.70. The van der Waals surface area contributed by atoms with Crippen LogP contribution in [0.2, 0.25) is 0 Å². The predicted octanol–water partition coefficient (Wildman–Crippen LogP) is 2.80. The SMILES string of the molecule is CCSCCC(=O)N(CCOC)Cc1ccccc1. The van der Waals surface area contributed by atoms with Gasteiger partial charge in [0.15, 0.2) is 0 Å². The Morgan fingerprint density at radius 2 is 2.05 bits per heavy atom. The Bertz CT molecular complexity index is 356. The van der Waals surface area contributed by atoms with Gasteiger partial charge >= 0.3 is 0 Å². The number of benzene rings is 1. The quantitative estimate of drug-likeness (QED) is 0.652. The number of rotatable bonds is 9. The lowest BCUT2D eigenvalue weighted by molar-refractivity contribution is -0.132. The van der Waals surface area contributed by atoms with Crippen LogP contribution in [0.25, 0.3) is 0 Å². The van der Waals surface area contributed by atoms with Gasteiger partial charge in [-0.3, -0.25) is 4.79 Å². The molecule has 1 amide bonds. The van der Waals surface area contributed by atoms with E-state index >= 15 is 0 Å². The molecule has 0 saturated carbocycles. The Morgan fingerprint density at radius 1 is 1.32 bits per heavy atom. The second-order valence-corrected chi connectivity index (χ2v) is 5.63. The topological polar surface area (TPSA) is 29.5 Å². The fourth-order valence-electron chi connectivity index (χ4n) is 1.76. The molecule has 0 aliphatic heterocycles. The van der Waals surface area contributed by atoms with E-state index in [0.717, 1.165) is 17.1 Å². The van der Waals surface area contributed by atoms with Crippen LogP contribution in [0.5, 0.6) is 0 Å². The van der Waals surface area contributed by atoms with Crippen molar-refractivity contribution >= 4 is 17.7 Å². The number of hydrogen-bond acceptors (Lipinski definition) is 3. The highest BCUT2D eigenvalue weighted by Crippen LogP contribution is 2.08. The molecular weight excluding hydrogens is 258 g/mol. The monoisotopic (exact) mass is 281 g/mol. The molecule has 0 aromatic heterocycles. The van der Waals surface area contributed by atoms with Crippen molar-refractivity contribution in [3.8, 4) is 0 Å². The zero-order valence-electron chi connectivity index (χ0n) is 11.8. The molecular formula is C15H23NO2S. The van der Waals surface area contributed by atoms with E-state index in [-0.39, 0.29) is 5.91 Å². The normalized spacial score (nSPS) is 10.4. The van der Waals surface area contributed by atoms with E-state index in [1.165, 1.54) is 0 Å². The maximum atomic E-state index is 12.2. The van der Waals surface area contributed by atoms with Crippen molar-refractivity contribution in [1.29, 1.82) is 0 Å². The molecule has 19 heavy (non-hydrogen) atoms. The lowest BCUT2D eigenvalue weighted by atomic mass is 10.2. The summed E-state index contributed by atoms with van der Waals surface area (Å²) < 4.78 is 5.09. The Labute approximate surface area is 120 Å². The fourth-order valence-corrected chi connectivity index (χ4v) is 2.37. The van der Waals surface area contributed by atoms with Gasteiger partial charge in [-0.05, 0) is 11.3 Å². The first-order valence-electron chi connectivity index (χ1n) is 6.66. The highest BCUT2D eigenvalue weighted by Gasteiger charge is 2.13. The van der Waals surface area contributed by atoms with Crippen LogP contribution < -0.4 is 0 Å². The van der Waals surface area contributed by atoms with Crippen LogP contribution in [-0.4, -0.2) is 42.6 Å². The molecule has 0 heterocycles. The molecule has 1 rings (SSSR count). The van der Waals surface area contributed by atoms with Gasteiger partial charge in [-0.2, -0.15) is 11.8 Å². The lowest BCUT2D eigenvalue weighted by Gasteiger charge is -2.22. The molecule has 0 aliphatic carbocycles. The van der Waals surface area contributed by atoms with Gasteiger partial charge < -0.3 is 9.64 Å². The summed E-state index contributed by atoms with van der Waals surface area (Å²) in [6.07, 6.45) is 0.606. The summed E-state index contributed by atoms with van der Waals surface area (Å²) in [5.41, 5.74) is 1.16. The molecule has 0 atom stereocenters. The van der Waals surface area contributed by atoms with Crippen molar-refractivity contribution in [2.45, 2.75) is 19.9 Å². The van der Waals surface area contributed by atoms with Crippen molar-refractivity contribution in [3.05, 3.63) is 35.9 Å². The number of thioether (sulfide) groups is 1. The molecule has 0 fully saturated rings. The average molecular weight is 281 g/mol. The van der Waals surface area contributed by atoms with E-state index in [2.05, 4.69) is 6.92 Å². The number of carbonyl (C=O) groups excluding carboxylic acids is 1. The van der Waals surface area contributed by atoms with E-state index in [1.807, 2.05) is 35.2 Å². The minimum atomic E-state index is 0.210. The van der Waals surface area contributed by atoms with Crippen molar-refractivity contribution in [2.24, 2.45) is 0 Å². The van der Waals surface area contributed by atoms with Gasteiger partial charge in [0.2, 0.25) is 5.91 Å². The van der Waals surface area contributed by atoms with Gasteiger partial charge in [-0.25, -0.2) is 0 Å². The summed E-state index contributed by atoms with van der Waals surface area (Å²) in [5, 5.41) is 0. The summed E-state index contributed by atoms with van der Waals surface area (Å²) >= 11 is 1.81. The lowest BCUT2D eigenvalue weighted by Crippen LogP contribution is -2.33. The third-order valence-electron chi connectivity index (χ3n) is 2.80. The average Bonchev–Trinajstić information content (AvgIpc) is 2.44. The van der Waals surface area contributed by atoms with Crippen LogP contribution in [0.15, 0.2) is 30.3 Å². The minimum absolute atomic E-state index is 0.210. The van der Waals surface area contributed by atoms with Gasteiger partial charge in [0, 0.05) is 32.4 Å². The first-order valence-corrected chi connectivity index (χ1v) is 7.81. The molecule has 0 saturated heterocycles. The number of methoxy groups -OCH3 is 1. The van der Waals surface area contributed by atoms with Gasteiger partial charge in [0.25, 0.3) is 0 Å². The summed E-state index contributed by atoms with van der Waals surface area (Å²) in [4.78, 5) is 14.1. The maximum Gasteiger partial charge on any atom is 0.223 e. The number of nitrogens with zero attached hydrogens (tertiary/aromatic N) is 1. The molecule has 0 N–H and O–H groups in total. The van der Waals surface area contributed by atoms with Crippen molar-refractivity contribution in [1.82, 2.24) is 4.90 Å². The summed E-state index contributed by atoms with van der Waals surface area (Å²) in [5.74, 6) is 2.17.